The highest BCUT2D eigenvalue weighted by Crippen LogP contribution is 2.60. The summed E-state index contributed by atoms with van der Waals surface area (Å²) < 4.78 is 30.6. The van der Waals surface area contributed by atoms with Crippen LogP contribution in [0.2, 0.25) is 0 Å². The zero-order valence-electron chi connectivity index (χ0n) is 19.7. The Morgan fingerprint density at radius 2 is 1.77 bits per heavy atom. The fourth-order valence-electron chi connectivity index (χ4n) is 4.17. The quantitative estimate of drug-likeness (QED) is 0.327. The van der Waals surface area contributed by atoms with Gasteiger partial charge in [-0.15, -0.1) is 4.73 Å². The van der Waals surface area contributed by atoms with Crippen LogP contribution in [0.5, 0.6) is 0 Å². The number of rotatable bonds is 9. The Bertz CT molecular complexity index is 1180. The van der Waals surface area contributed by atoms with Gasteiger partial charge in [-0.25, -0.2) is 9.59 Å². The minimum atomic E-state index is -4.84. The number of hydrogen-bond donors (Lipinski definition) is 3. The molecule has 0 bridgehead atoms. The predicted octanol–water partition coefficient (Wildman–Crippen LogP) is 1.12. The maximum absolute atomic E-state index is 12.8. The van der Waals surface area contributed by atoms with Crippen LogP contribution in [0, 0.1) is 11.8 Å². The van der Waals surface area contributed by atoms with E-state index in [0.29, 0.717) is 4.73 Å². The second kappa shape index (κ2) is 10.5. The number of aromatic nitrogens is 2. The molecule has 0 amide bonds. The van der Waals surface area contributed by atoms with E-state index in [1.807, 2.05) is 4.98 Å². The number of carbonyl (C=O) groups excluding carboxylic acids is 1. The van der Waals surface area contributed by atoms with Gasteiger partial charge in [0.2, 0.25) is 0 Å². The molecule has 1 aliphatic rings. The number of carbonyl (C=O) groups is 1. The third-order valence-corrected chi connectivity index (χ3v) is 7.82. The van der Waals surface area contributed by atoms with Gasteiger partial charge in [0.25, 0.3) is 11.8 Å². The first kappa shape index (κ1) is 26.8. The normalized spacial score (nSPS) is 20.9. The summed E-state index contributed by atoms with van der Waals surface area (Å²) in [6, 6.07) is 9.10. The van der Waals surface area contributed by atoms with Gasteiger partial charge in [0.05, 0.1) is 18.4 Å². The Balaban J connectivity index is 1.97. The second-order valence-electron chi connectivity index (χ2n) is 8.74. The van der Waals surface area contributed by atoms with Crippen LogP contribution in [-0.2, 0) is 18.8 Å². The van der Waals surface area contributed by atoms with E-state index in [0.717, 1.165) is 12.3 Å². The number of esters is 1. The summed E-state index contributed by atoms with van der Waals surface area (Å²) in [6.07, 6.45) is -2.78. The summed E-state index contributed by atoms with van der Waals surface area (Å²) >= 11 is 0. The van der Waals surface area contributed by atoms with Crippen molar-refractivity contribution in [2.75, 3.05) is 6.61 Å². The number of nitrogens with zero attached hydrogens (tertiary/aromatic N) is 1. The minimum absolute atomic E-state index is 0.215. The topological polar surface area (TPSA) is 166 Å². The molecule has 192 valence electrons. The van der Waals surface area contributed by atoms with Crippen molar-refractivity contribution in [1.29, 1.82) is 0 Å². The van der Waals surface area contributed by atoms with Gasteiger partial charge in [-0.1, -0.05) is 45.9 Å². The number of ether oxygens (including phenoxy) is 3. The molecule has 3 N–H and O–H groups in total. The first-order valence-corrected chi connectivity index (χ1v) is 12.6. The van der Waals surface area contributed by atoms with Gasteiger partial charge in [0.15, 0.2) is 11.4 Å². The number of H-pyrrole nitrogens is 1. The Hall–Kier alpha value is -2.76. The zero-order valence-corrected chi connectivity index (χ0v) is 20.6. The molecule has 3 atom stereocenters. The van der Waals surface area contributed by atoms with E-state index in [9.17, 15) is 28.7 Å². The maximum atomic E-state index is 12.8. The predicted molar refractivity (Wildman–Crippen MR) is 123 cm³/mol. The number of hydrogen-bond acceptors (Lipinski definition) is 8. The largest absolute Gasteiger partial charge is 0.449 e. The highest BCUT2D eigenvalue weighted by atomic mass is 31.2. The number of benzene rings is 1. The SMILES string of the molecule is CC(C)C(O[C@H]1COC(On2ccc(=O)[nH]c2=O)[C@@H]1OC(=O)c1ccccc1)(C(C)C)P(=O)(O)O. The molecule has 0 saturated carbocycles. The van der Waals surface area contributed by atoms with Crippen LogP contribution in [0.4, 0.5) is 0 Å². The van der Waals surface area contributed by atoms with Crippen molar-refractivity contribution in [3.8, 4) is 0 Å². The van der Waals surface area contributed by atoms with Gasteiger partial charge in [-0.2, -0.15) is 0 Å². The van der Waals surface area contributed by atoms with Gasteiger partial charge in [0, 0.05) is 6.07 Å². The van der Waals surface area contributed by atoms with Gasteiger partial charge in [-0.3, -0.25) is 14.3 Å². The Kier molecular flexibility index (Phi) is 8.03. The smallest absolute Gasteiger partial charge is 0.361 e. The third kappa shape index (κ3) is 5.57. The molecule has 1 aromatic heterocycles. The summed E-state index contributed by atoms with van der Waals surface area (Å²) in [4.78, 5) is 64.3. The summed E-state index contributed by atoms with van der Waals surface area (Å²) in [7, 11) is -4.84. The zero-order chi connectivity index (χ0) is 26.0. The molecule has 1 saturated heterocycles. The summed E-state index contributed by atoms with van der Waals surface area (Å²) in [5, 5.41) is -1.91. The first-order chi connectivity index (χ1) is 16.4. The van der Waals surface area contributed by atoms with Crippen molar-refractivity contribution in [1.82, 2.24) is 9.71 Å². The molecule has 13 heteroatoms. The van der Waals surface area contributed by atoms with Gasteiger partial charge in [-0.05, 0) is 24.0 Å². The molecule has 1 unspecified atom stereocenters. The van der Waals surface area contributed by atoms with Crippen LogP contribution in [0.25, 0.3) is 0 Å². The van der Waals surface area contributed by atoms with E-state index in [1.54, 1.807) is 45.9 Å². The van der Waals surface area contributed by atoms with E-state index < -0.39 is 60.5 Å². The van der Waals surface area contributed by atoms with Gasteiger partial charge in [0.1, 0.15) is 6.10 Å². The minimum Gasteiger partial charge on any atom is -0.449 e. The monoisotopic (exact) mass is 512 g/mol. The first-order valence-electron chi connectivity index (χ1n) is 11.0. The summed E-state index contributed by atoms with van der Waals surface area (Å²) in [5.74, 6) is -2.01. The highest BCUT2D eigenvalue weighted by Gasteiger charge is 2.57. The average molecular weight is 512 g/mol. The molecule has 3 rings (SSSR count). The molecule has 1 fully saturated rings. The van der Waals surface area contributed by atoms with Crippen LogP contribution < -0.4 is 16.1 Å². The summed E-state index contributed by atoms with van der Waals surface area (Å²) in [5.41, 5.74) is -1.32. The summed E-state index contributed by atoms with van der Waals surface area (Å²) in [6.45, 7) is 6.22. The number of aromatic amines is 1. The van der Waals surface area contributed by atoms with E-state index in [-0.39, 0.29) is 12.2 Å². The van der Waals surface area contributed by atoms with E-state index >= 15 is 0 Å². The Labute approximate surface area is 200 Å². The van der Waals surface area contributed by atoms with Gasteiger partial charge < -0.3 is 28.8 Å². The average Bonchev–Trinajstić information content (AvgIpc) is 3.13. The highest BCUT2D eigenvalue weighted by molar-refractivity contribution is 7.53. The van der Waals surface area contributed by atoms with Crippen LogP contribution in [0.15, 0.2) is 52.2 Å². The molecule has 0 radical (unpaired) electrons. The van der Waals surface area contributed by atoms with E-state index in [2.05, 4.69) is 0 Å². The standard InChI is InChI=1S/C22H29N2O10P/c1-13(2)22(14(3)4,35(28,29)30)33-16-12-31-20(34-24-11-10-17(25)23-21(24)27)18(16)32-19(26)15-8-6-5-7-9-15/h5-11,13-14,16,18,20H,12H2,1-4H3,(H,23,25,27)(H2,28,29,30)/t16-,18+,20?/m0/s1. The van der Waals surface area contributed by atoms with Crippen LogP contribution >= 0.6 is 7.60 Å². The fourth-order valence-corrected chi connectivity index (χ4v) is 5.78. The van der Waals surface area contributed by atoms with Crippen molar-refractivity contribution in [2.45, 2.75) is 51.5 Å². The maximum Gasteiger partial charge on any atom is 0.361 e. The third-order valence-electron chi connectivity index (χ3n) is 5.77. The van der Waals surface area contributed by atoms with Crippen molar-refractivity contribution in [3.05, 3.63) is 69.0 Å². The van der Waals surface area contributed by atoms with E-state index in [4.69, 9.17) is 19.0 Å². The lowest BCUT2D eigenvalue weighted by molar-refractivity contribution is -0.170. The van der Waals surface area contributed by atoms with E-state index in [1.165, 1.54) is 12.1 Å². The Morgan fingerprint density at radius 3 is 2.31 bits per heavy atom. The van der Waals surface area contributed by atoms with Crippen LogP contribution in [0.1, 0.15) is 38.1 Å². The fraction of sp³-hybridized carbons (Fsp3) is 0.500. The molecule has 0 spiro atoms. The molecule has 2 heterocycles. The molecule has 1 aliphatic heterocycles. The Morgan fingerprint density at radius 1 is 1.14 bits per heavy atom. The molecule has 0 aliphatic carbocycles. The molecular weight excluding hydrogens is 483 g/mol. The molecule has 35 heavy (non-hydrogen) atoms. The van der Waals surface area contributed by atoms with Crippen LogP contribution in [0.3, 0.4) is 0 Å². The molecule has 1 aromatic carbocycles. The number of nitrogens with one attached hydrogen (secondary N) is 1. The molecular formula is C22H29N2O10P. The lowest BCUT2D eigenvalue weighted by atomic mass is 9.94. The van der Waals surface area contributed by atoms with Crippen molar-refractivity contribution in [2.24, 2.45) is 11.8 Å². The van der Waals surface area contributed by atoms with Gasteiger partial charge >= 0.3 is 19.3 Å². The lowest BCUT2D eigenvalue weighted by Crippen LogP contribution is -2.51. The lowest BCUT2D eigenvalue weighted by Gasteiger charge is -2.43. The molecule has 2 aromatic rings. The van der Waals surface area contributed by atoms with Crippen LogP contribution in [-0.4, -0.2) is 55.9 Å². The van der Waals surface area contributed by atoms with Crippen molar-refractivity contribution in [3.63, 3.8) is 0 Å². The molecule has 12 nitrogen and oxygen atoms in total. The second-order valence-corrected chi connectivity index (χ2v) is 10.5. The van der Waals surface area contributed by atoms with Crippen molar-refractivity contribution >= 4 is 13.6 Å². The van der Waals surface area contributed by atoms with Crippen molar-refractivity contribution < 1.29 is 38.2 Å².